The lowest BCUT2D eigenvalue weighted by Gasteiger charge is -2.17. The van der Waals surface area contributed by atoms with E-state index in [4.69, 9.17) is 5.14 Å². The van der Waals surface area contributed by atoms with Crippen LogP contribution in [0.1, 0.15) is 28.9 Å². The van der Waals surface area contributed by atoms with Crippen molar-refractivity contribution in [3.8, 4) is 0 Å². The Bertz CT molecular complexity index is 1020. The molecule has 1 unspecified atom stereocenters. The lowest BCUT2D eigenvalue weighted by molar-refractivity contribution is 0.0940. The smallest absolute Gasteiger partial charge is 0.251 e. The number of nitrogens with two attached hydrogens (primary N) is 1. The Morgan fingerprint density at radius 1 is 0.960 bits per heavy atom. The number of amides is 1. The van der Waals surface area contributed by atoms with E-state index in [9.17, 15) is 13.2 Å². The average molecular weight is 354 g/mol. The Kier molecular flexibility index (Phi) is 4.57. The first-order valence-electron chi connectivity index (χ1n) is 7.77. The molecule has 0 saturated carbocycles. The largest absolute Gasteiger partial charge is 0.345 e. The van der Waals surface area contributed by atoms with Gasteiger partial charge in [0.2, 0.25) is 10.0 Å². The van der Waals surface area contributed by atoms with Crippen LogP contribution in [-0.2, 0) is 10.0 Å². The predicted molar refractivity (Wildman–Crippen MR) is 97.6 cm³/mol. The molecule has 0 spiro atoms. The second kappa shape index (κ2) is 6.66. The van der Waals surface area contributed by atoms with Crippen LogP contribution in [0.4, 0.5) is 0 Å². The molecule has 3 aromatic rings. The lowest BCUT2D eigenvalue weighted by Crippen LogP contribution is -2.26. The Morgan fingerprint density at radius 2 is 1.60 bits per heavy atom. The molecule has 3 N–H and O–H groups in total. The lowest BCUT2D eigenvalue weighted by atomic mass is 9.99. The van der Waals surface area contributed by atoms with E-state index in [1.54, 1.807) is 0 Å². The van der Waals surface area contributed by atoms with Crippen molar-refractivity contribution in [2.24, 2.45) is 5.14 Å². The van der Waals surface area contributed by atoms with Gasteiger partial charge in [0.05, 0.1) is 10.9 Å². The minimum Gasteiger partial charge on any atom is -0.345 e. The summed E-state index contributed by atoms with van der Waals surface area (Å²) in [5, 5.41) is 10.2. The fourth-order valence-electron chi connectivity index (χ4n) is 2.78. The van der Waals surface area contributed by atoms with E-state index >= 15 is 0 Å². The van der Waals surface area contributed by atoms with E-state index in [0.29, 0.717) is 5.56 Å². The molecule has 0 saturated heterocycles. The molecule has 0 heterocycles. The zero-order valence-corrected chi connectivity index (χ0v) is 14.5. The molecule has 0 bridgehead atoms. The molecule has 5 nitrogen and oxygen atoms in total. The Labute approximate surface area is 146 Å². The number of rotatable bonds is 4. The van der Waals surface area contributed by atoms with Crippen LogP contribution in [-0.4, -0.2) is 14.3 Å². The highest BCUT2D eigenvalue weighted by Crippen LogP contribution is 2.24. The molecular weight excluding hydrogens is 336 g/mol. The van der Waals surface area contributed by atoms with Gasteiger partial charge < -0.3 is 5.32 Å². The first-order valence-corrected chi connectivity index (χ1v) is 9.32. The van der Waals surface area contributed by atoms with E-state index in [0.717, 1.165) is 16.3 Å². The van der Waals surface area contributed by atoms with E-state index in [2.05, 4.69) is 5.32 Å². The first-order chi connectivity index (χ1) is 11.9. The summed E-state index contributed by atoms with van der Waals surface area (Å²) in [4.78, 5) is 12.4. The molecule has 25 heavy (non-hydrogen) atoms. The third-order valence-corrected chi connectivity index (χ3v) is 5.01. The number of benzene rings is 3. The maximum Gasteiger partial charge on any atom is 0.251 e. The van der Waals surface area contributed by atoms with Crippen molar-refractivity contribution >= 4 is 26.7 Å². The third kappa shape index (κ3) is 3.70. The molecule has 3 rings (SSSR count). The highest BCUT2D eigenvalue weighted by atomic mass is 32.2. The monoisotopic (exact) mass is 354 g/mol. The molecule has 0 fully saturated rings. The summed E-state index contributed by atoms with van der Waals surface area (Å²) in [6.07, 6.45) is 0. The molecule has 0 aliphatic carbocycles. The van der Waals surface area contributed by atoms with Crippen LogP contribution in [0.3, 0.4) is 0 Å². The Hall–Kier alpha value is -2.70. The molecule has 1 amide bonds. The number of hydrogen-bond acceptors (Lipinski definition) is 3. The molecule has 0 aliphatic heterocycles. The van der Waals surface area contributed by atoms with Crippen LogP contribution in [0.15, 0.2) is 71.6 Å². The number of hydrogen-bond donors (Lipinski definition) is 2. The van der Waals surface area contributed by atoms with Gasteiger partial charge in [-0.15, -0.1) is 0 Å². The summed E-state index contributed by atoms with van der Waals surface area (Å²) in [7, 11) is -3.77. The van der Waals surface area contributed by atoms with Gasteiger partial charge in [-0.2, -0.15) is 0 Å². The maximum absolute atomic E-state index is 12.4. The standard InChI is InChI=1S/C19H18N2O3S/c1-13(17-8-4-6-14-5-2-3-7-18(14)17)21-19(22)15-9-11-16(12-10-15)25(20,23)24/h2-13H,1H3,(H,21,22)(H2,20,23,24). The Balaban J connectivity index is 1.82. The molecule has 0 aliphatic rings. The van der Waals surface area contributed by atoms with Crippen LogP contribution < -0.4 is 10.5 Å². The summed E-state index contributed by atoms with van der Waals surface area (Å²) in [5.41, 5.74) is 1.40. The maximum atomic E-state index is 12.4. The summed E-state index contributed by atoms with van der Waals surface area (Å²) >= 11 is 0. The quantitative estimate of drug-likeness (QED) is 0.755. The van der Waals surface area contributed by atoms with Gasteiger partial charge in [0, 0.05) is 5.56 Å². The molecular formula is C19H18N2O3S. The topological polar surface area (TPSA) is 89.3 Å². The van der Waals surface area contributed by atoms with Crippen molar-refractivity contribution in [2.75, 3.05) is 0 Å². The van der Waals surface area contributed by atoms with Crippen LogP contribution in [0.2, 0.25) is 0 Å². The van der Waals surface area contributed by atoms with Gasteiger partial charge in [0.15, 0.2) is 0 Å². The van der Waals surface area contributed by atoms with Gasteiger partial charge in [-0.25, -0.2) is 13.6 Å². The molecule has 6 heteroatoms. The van der Waals surface area contributed by atoms with Crippen molar-refractivity contribution < 1.29 is 13.2 Å². The van der Waals surface area contributed by atoms with Crippen LogP contribution in [0.25, 0.3) is 10.8 Å². The average Bonchev–Trinajstić information content (AvgIpc) is 2.60. The zero-order valence-electron chi connectivity index (χ0n) is 13.6. The van der Waals surface area contributed by atoms with Gasteiger partial charge in [0.25, 0.3) is 5.91 Å². The summed E-state index contributed by atoms with van der Waals surface area (Å²) in [6.45, 7) is 1.92. The highest BCUT2D eigenvalue weighted by molar-refractivity contribution is 7.89. The van der Waals surface area contributed by atoms with Crippen molar-refractivity contribution in [3.63, 3.8) is 0 Å². The van der Waals surface area contributed by atoms with Gasteiger partial charge in [0.1, 0.15) is 0 Å². The van der Waals surface area contributed by atoms with Crippen molar-refractivity contribution in [2.45, 2.75) is 17.9 Å². The fraction of sp³-hybridized carbons (Fsp3) is 0.105. The number of sulfonamides is 1. The van der Waals surface area contributed by atoms with E-state index < -0.39 is 10.0 Å². The van der Waals surface area contributed by atoms with Gasteiger partial charge in [-0.3, -0.25) is 4.79 Å². The molecule has 1 atom stereocenters. The van der Waals surface area contributed by atoms with Gasteiger partial charge in [-0.1, -0.05) is 42.5 Å². The second-order valence-electron chi connectivity index (χ2n) is 5.83. The first kappa shape index (κ1) is 17.1. The van der Waals surface area contributed by atoms with E-state index in [1.165, 1.54) is 24.3 Å². The van der Waals surface area contributed by atoms with E-state index in [1.807, 2.05) is 49.4 Å². The van der Waals surface area contributed by atoms with E-state index in [-0.39, 0.29) is 16.8 Å². The normalized spacial score (nSPS) is 12.7. The summed E-state index contributed by atoms with van der Waals surface area (Å²) < 4.78 is 22.6. The molecule has 0 radical (unpaired) electrons. The van der Waals surface area contributed by atoms with Crippen molar-refractivity contribution in [1.29, 1.82) is 0 Å². The van der Waals surface area contributed by atoms with Crippen LogP contribution in [0.5, 0.6) is 0 Å². The number of carbonyl (C=O) groups is 1. The number of fused-ring (bicyclic) bond motifs is 1. The second-order valence-corrected chi connectivity index (χ2v) is 7.39. The molecule has 128 valence electrons. The SMILES string of the molecule is CC(NC(=O)c1ccc(S(N)(=O)=O)cc1)c1cccc2ccccc12. The third-order valence-electron chi connectivity index (χ3n) is 4.08. The number of carbonyl (C=O) groups excluding carboxylic acids is 1. The molecule has 0 aromatic heterocycles. The van der Waals surface area contributed by atoms with Crippen molar-refractivity contribution in [3.05, 3.63) is 77.9 Å². The zero-order chi connectivity index (χ0) is 18.0. The predicted octanol–water partition coefficient (Wildman–Crippen LogP) is 2.98. The van der Waals surface area contributed by atoms with Crippen molar-refractivity contribution in [1.82, 2.24) is 5.32 Å². The minimum atomic E-state index is -3.77. The van der Waals surface area contributed by atoms with Crippen LogP contribution in [0, 0.1) is 0 Å². The molecule has 3 aromatic carbocycles. The Morgan fingerprint density at radius 3 is 2.28 bits per heavy atom. The minimum absolute atomic E-state index is 0.0221. The summed E-state index contributed by atoms with van der Waals surface area (Å²) in [5.74, 6) is -0.276. The van der Waals surface area contributed by atoms with Crippen LogP contribution >= 0.6 is 0 Å². The van der Waals surface area contributed by atoms with Gasteiger partial charge in [-0.05, 0) is 47.5 Å². The fourth-order valence-corrected chi connectivity index (χ4v) is 3.30. The number of primary sulfonamides is 1. The highest BCUT2D eigenvalue weighted by Gasteiger charge is 2.15. The van der Waals surface area contributed by atoms with Gasteiger partial charge >= 0.3 is 0 Å². The number of nitrogens with one attached hydrogen (secondary N) is 1. The summed E-state index contributed by atoms with van der Waals surface area (Å²) in [6, 6.07) is 19.3.